The lowest BCUT2D eigenvalue weighted by Gasteiger charge is -2.38. The molecule has 1 fully saturated rings. The highest BCUT2D eigenvalue weighted by Gasteiger charge is 2.34. The van der Waals surface area contributed by atoms with Crippen molar-refractivity contribution in [3.05, 3.63) is 82.9 Å². The number of methoxy groups -OCH3 is 1. The standard InChI is InChI=1S/C32H35N3O6/c1-38-28-20-27-23-10-12-35(32(37)22-6-8-25(9-7-22)34-13-16-39-17-14-34)31(27)24-4-2-5-26(18-24)40-15-3-11-33-30(36)21-41-29(28)19-23/h2,4-9,18-20,31H,3,10-17,21H2,1H3,(H,33,36). The zero-order valence-corrected chi connectivity index (χ0v) is 23.3. The van der Waals surface area contributed by atoms with Gasteiger partial charge >= 0.3 is 0 Å². The molecule has 0 radical (unpaired) electrons. The largest absolute Gasteiger partial charge is 0.494 e. The SMILES string of the molecule is COc1cc2c3cc1OCC(=O)NCCCOc1cccc(c1)C2N(C(=O)c1ccc(N2CCOCC2)cc1)CC3. The number of amides is 2. The lowest BCUT2D eigenvalue weighted by Crippen LogP contribution is -2.40. The summed E-state index contributed by atoms with van der Waals surface area (Å²) in [6.07, 6.45) is 1.30. The van der Waals surface area contributed by atoms with E-state index in [1.807, 2.05) is 65.6 Å². The Labute approximate surface area is 239 Å². The van der Waals surface area contributed by atoms with E-state index in [0.29, 0.717) is 62.8 Å². The van der Waals surface area contributed by atoms with Crippen LogP contribution in [-0.2, 0) is 16.0 Å². The van der Waals surface area contributed by atoms with Gasteiger partial charge in [0, 0.05) is 37.4 Å². The number of ether oxygens (including phenoxy) is 4. The predicted molar refractivity (Wildman–Crippen MR) is 154 cm³/mol. The van der Waals surface area contributed by atoms with Gasteiger partial charge in [-0.05, 0) is 78.1 Å². The molecule has 3 aromatic rings. The van der Waals surface area contributed by atoms with E-state index < -0.39 is 0 Å². The van der Waals surface area contributed by atoms with Gasteiger partial charge in [0.1, 0.15) is 5.75 Å². The highest BCUT2D eigenvalue weighted by Crippen LogP contribution is 2.42. The van der Waals surface area contributed by atoms with E-state index in [2.05, 4.69) is 10.2 Å². The maximum atomic E-state index is 14.1. The van der Waals surface area contributed by atoms with Crippen molar-refractivity contribution >= 4 is 17.5 Å². The number of hydrogen-bond donors (Lipinski definition) is 1. The number of carbonyl (C=O) groups is 2. The highest BCUT2D eigenvalue weighted by molar-refractivity contribution is 5.95. The van der Waals surface area contributed by atoms with Gasteiger partial charge in [0.05, 0.1) is 33.0 Å². The van der Waals surface area contributed by atoms with Gasteiger partial charge < -0.3 is 34.1 Å². The van der Waals surface area contributed by atoms with Crippen LogP contribution < -0.4 is 24.4 Å². The zero-order valence-electron chi connectivity index (χ0n) is 23.3. The maximum Gasteiger partial charge on any atom is 0.257 e. The number of rotatable bonds is 3. The van der Waals surface area contributed by atoms with Crippen molar-refractivity contribution in [2.45, 2.75) is 18.9 Å². The van der Waals surface area contributed by atoms with Crippen LogP contribution in [0.25, 0.3) is 0 Å². The summed E-state index contributed by atoms with van der Waals surface area (Å²) in [6, 6.07) is 19.3. The number of carbonyl (C=O) groups excluding carboxylic acids is 2. The minimum atomic E-state index is -0.354. The van der Waals surface area contributed by atoms with Gasteiger partial charge in [-0.25, -0.2) is 0 Å². The average Bonchev–Trinajstić information content (AvgIpc) is 3.02. The lowest BCUT2D eigenvalue weighted by atomic mass is 9.87. The second kappa shape index (κ2) is 12.1. The summed E-state index contributed by atoms with van der Waals surface area (Å²) in [5, 5.41) is 2.86. The molecule has 4 aliphatic rings. The van der Waals surface area contributed by atoms with Crippen LogP contribution in [0, 0.1) is 0 Å². The molecule has 1 unspecified atom stereocenters. The fraction of sp³-hybridized carbons (Fsp3) is 0.375. The van der Waals surface area contributed by atoms with E-state index in [0.717, 1.165) is 41.2 Å². The number of nitrogens with one attached hydrogen (secondary N) is 1. The minimum Gasteiger partial charge on any atom is -0.494 e. The van der Waals surface area contributed by atoms with Crippen molar-refractivity contribution in [3.63, 3.8) is 0 Å². The smallest absolute Gasteiger partial charge is 0.257 e. The van der Waals surface area contributed by atoms with Crippen molar-refractivity contribution < 1.29 is 28.5 Å². The van der Waals surface area contributed by atoms with Gasteiger partial charge in [-0.3, -0.25) is 9.59 Å². The topological polar surface area (TPSA) is 89.6 Å². The fourth-order valence-electron chi connectivity index (χ4n) is 5.74. The predicted octanol–water partition coefficient (Wildman–Crippen LogP) is 3.60. The second-order valence-electron chi connectivity index (χ2n) is 10.4. The molecule has 0 aliphatic carbocycles. The van der Waals surface area contributed by atoms with E-state index >= 15 is 0 Å². The van der Waals surface area contributed by atoms with Gasteiger partial charge in [-0.2, -0.15) is 0 Å². The molecule has 0 spiro atoms. The number of nitrogens with zero attached hydrogens (tertiary/aromatic N) is 2. The average molecular weight is 558 g/mol. The van der Waals surface area contributed by atoms with Crippen LogP contribution in [0.5, 0.6) is 17.2 Å². The van der Waals surface area contributed by atoms with Gasteiger partial charge in [0.15, 0.2) is 18.1 Å². The molecule has 0 aromatic heterocycles. The molecule has 1 saturated heterocycles. The zero-order chi connectivity index (χ0) is 28.2. The van der Waals surface area contributed by atoms with E-state index in [1.165, 1.54) is 0 Å². The molecule has 4 aliphatic heterocycles. The van der Waals surface area contributed by atoms with Crippen molar-refractivity contribution in [2.24, 2.45) is 0 Å². The second-order valence-corrected chi connectivity index (χ2v) is 10.4. The Kier molecular flexibility index (Phi) is 7.95. The Balaban J connectivity index is 1.38. The summed E-state index contributed by atoms with van der Waals surface area (Å²) in [6.45, 7) is 4.47. The monoisotopic (exact) mass is 557 g/mol. The molecular formula is C32H35N3O6. The van der Waals surface area contributed by atoms with E-state index in [4.69, 9.17) is 18.9 Å². The molecule has 1 N–H and O–H groups in total. The number of morpholine rings is 1. The first-order valence-corrected chi connectivity index (χ1v) is 14.2. The molecule has 41 heavy (non-hydrogen) atoms. The van der Waals surface area contributed by atoms with Gasteiger partial charge in [-0.1, -0.05) is 12.1 Å². The number of hydrogen-bond acceptors (Lipinski definition) is 7. The third-order valence-electron chi connectivity index (χ3n) is 7.85. The molecule has 9 nitrogen and oxygen atoms in total. The minimum absolute atomic E-state index is 0.0362. The summed E-state index contributed by atoms with van der Waals surface area (Å²) in [4.78, 5) is 30.6. The number of benzene rings is 3. The molecule has 6 bridgehead atoms. The van der Waals surface area contributed by atoms with E-state index in [1.54, 1.807) is 7.11 Å². The van der Waals surface area contributed by atoms with E-state index in [-0.39, 0.29) is 24.5 Å². The molecule has 3 aromatic carbocycles. The van der Waals surface area contributed by atoms with Crippen LogP contribution in [-0.4, -0.2) is 76.4 Å². The molecule has 214 valence electrons. The Morgan fingerprint density at radius 2 is 1.80 bits per heavy atom. The lowest BCUT2D eigenvalue weighted by molar-refractivity contribution is -0.123. The first-order chi connectivity index (χ1) is 20.1. The first-order valence-electron chi connectivity index (χ1n) is 14.2. The van der Waals surface area contributed by atoms with Crippen LogP contribution >= 0.6 is 0 Å². The Bertz CT molecular complexity index is 1400. The van der Waals surface area contributed by atoms with Gasteiger partial charge in [0.25, 0.3) is 11.8 Å². The Hall–Kier alpha value is -4.24. The van der Waals surface area contributed by atoms with E-state index in [9.17, 15) is 9.59 Å². The normalized spacial score (nSPS) is 19.1. The maximum absolute atomic E-state index is 14.1. The van der Waals surface area contributed by atoms with Gasteiger partial charge in [0.2, 0.25) is 0 Å². The Morgan fingerprint density at radius 1 is 0.976 bits per heavy atom. The molecule has 4 heterocycles. The van der Waals surface area contributed by atoms with Crippen molar-refractivity contribution in [2.75, 3.05) is 64.6 Å². The Morgan fingerprint density at radius 3 is 2.61 bits per heavy atom. The number of anilines is 1. The van der Waals surface area contributed by atoms with Crippen LogP contribution in [0.15, 0.2) is 60.7 Å². The van der Waals surface area contributed by atoms with Crippen LogP contribution in [0.4, 0.5) is 5.69 Å². The third-order valence-corrected chi connectivity index (χ3v) is 7.85. The molecule has 9 heteroatoms. The molecule has 7 rings (SSSR count). The van der Waals surface area contributed by atoms with Crippen molar-refractivity contribution in [1.82, 2.24) is 10.2 Å². The quantitative estimate of drug-likeness (QED) is 0.527. The summed E-state index contributed by atoms with van der Waals surface area (Å²) in [5.41, 5.74) is 4.71. The van der Waals surface area contributed by atoms with Crippen LogP contribution in [0.1, 0.15) is 39.5 Å². The third kappa shape index (κ3) is 5.81. The first kappa shape index (κ1) is 27.0. The molecule has 1 atom stereocenters. The number of fused-ring (bicyclic) bond motifs is 8. The summed E-state index contributed by atoms with van der Waals surface area (Å²) in [7, 11) is 1.58. The molecular weight excluding hydrogens is 522 g/mol. The summed E-state index contributed by atoms with van der Waals surface area (Å²) >= 11 is 0. The highest BCUT2D eigenvalue weighted by atomic mass is 16.5. The van der Waals surface area contributed by atoms with Crippen LogP contribution in [0.2, 0.25) is 0 Å². The summed E-state index contributed by atoms with van der Waals surface area (Å²) in [5.74, 6) is 1.52. The van der Waals surface area contributed by atoms with Crippen molar-refractivity contribution in [1.29, 1.82) is 0 Å². The summed E-state index contributed by atoms with van der Waals surface area (Å²) < 4.78 is 23.1. The fourth-order valence-corrected chi connectivity index (χ4v) is 5.74. The van der Waals surface area contributed by atoms with Crippen LogP contribution in [0.3, 0.4) is 0 Å². The van der Waals surface area contributed by atoms with Gasteiger partial charge in [-0.15, -0.1) is 0 Å². The molecule has 0 saturated carbocycles. The molecule has 2 amide bonds. The van der Waals surface area contributed by atoms with Crippen molar-refractivity contribution in [3.8, 4) is 17.2 Å².